The topological polar surface area (TPSA) is 61.7 Å². The maximum atomic E-state index is 7.18. The summed E-state index contributed by atoms with van der Waals surface area (Å²) in [7, 11) is 0. The summed E-state index contributed by atoms with van der Waals surface area (Å²) >= 11 is 0. The Morgan fingerprint density at radius 3 is 1.41 bits per heavy atom. The van der Waals surface area contributed by atoms with Crippen LogP contribution in [0.1, 0.15) is 0 Å². The van der Waals surface area contributed by atoms with Crippen LogP contribution in [0.2, 0.25) is 0 Å². The first kappa shape index (κ1) is 41.4. The molecule has 6 heteroatoms. The van der Waals surface area contributed by atoms with Crippen molar-refractivity contribution in [3.8, 4) is 56.7 Å². The molecular formula is C69H41N5O. The lowest BCUT2D eigenvalue weighted by Gasteiger charge is -2.15. The second-order valence-corrected chi connectivity index (χ2v) is 19.5. The van der Waals surface area contributed by atoms with Crippen molar-refractivity contribution < 1.29 is 4.42 Å². The molecule has 12 aromatic carbocycles. The first-order valence-electron chi connectivity index (χ1n) is 25.4. The highest BCUT2D eigenvalue weighted by molar-refractivity contribution is 6.27. The number of furan rings is 1. The van der Waals surface area contributed by atoms with Gasteiger partial charge >= 0.3 is 0 Å². The van der Waals surface area contributed by atoms with Crippen LogP contribution in [-0.2, 0) is 0 Å². The van der Waals surface area contributed by atoms with Gasteiger partial charge in [0.25, 0.3) is 0 Å². The predicted octanol–water partition coefficient (Wildman–Crippen LogP) is 18.1. The van der Waals surface area contributed by atoms with E-state index in [4.69, 9.17) is 19.4 Å². The van der Waals surface area contributed by atoms with Crippen molar-refractivity contribution in [2.75, 3.05) is 0 Å². The fourth-order valence-corrected chi connectivity index (χ4v) is 12.0. The van der Waals surface area contributed by atoms with Crippen molar-refractivity contribution in [1.29, 1.82) is 0 Å². The number of hydrogen-bond acceptors (Lipinski definition) is 4. The Labute approximate surface area is 429 Å². The van der Waals surface area contributed by atoms with Gasteiger partial charge in [-0.05, 0) is 98.5 Å². The maximum absolute atomic E-state index is 7.18. The quantitative estimate of drug-likeness (QED) is 0.156. The molecule has 0 aliphatic heterocycles. The lowest BCUT2D eigenvalue weighted by molar-refractivity contribution is 0.672. The van der Waals surface area contributed by atoms with Crippen LogP contribution in [0, 0.1) is 0 Å². The number of benzene rings is 12. The number of aromatic nitrogens is 5. The summed E-state index contributed by atoms with van der Waals surface area (Å²) in [5.41, 5.74) is 13.4. The summed E-state index contributed by atoms with van der Waals surface area (Å²) in [5, 5.41) is 14.0. The molecule has 16 aromatic rings. The van der Waals surface area contributed by atoms with Gasteiger partial charge in [-0.2, -0.15) is 0 Å². The minimum Gasteiger partial charge on any atom is -0.453 e. The van der Waals surface area contributed by atoms with Gasteiger partial charge in [-0.15, -0.1) is 0 Å². The molecule has 0 radical (unpaired) electrons. The van der Waals surface area contributed by atoms with Gasteiger partial charge < -0.3 is 13.6 Å². The van der Waals surface area contributed by atoms with Crippen molar-refractivity contribution in [2.45, 2.75) is 0 Å². The lowest BCUT2D eigenvalue weighted by Crippen LogP contribution is -2.00. The molecular weight excluding hydrogens is 915 g/mol. The Balaban J connectivity index is 0.881. The van der Waals surface area contributed by atoms with Gasteiger partial charge in [0, 0.05) is 65.9 Å². The van der Waals surface area contributed by atoms with E-state index in [2.05, 4.69) is 221 Å². The van der Waals surface area contributed by atoms with Crippen molar-refractivity contribution in [3.63, 3.8) is 0 Å². The average Bonchev–Trinajstić information content (AvgIpc) is 4.21. The summed E-state index contributed by atoms with van der Waals surface area (Å²) in [6.45, 7) is 0. The summed E-state index contributed by atoms with van der Waals surface area (Å²) in [4.78, 5) is 15.3. The van der Waals surface area contributed by atoms with Gasteiger partial charge in [0.05, 0.1) is 22.1 Å². The standard InChI is InChI=1S/C69H41N5O/c1-4-17-42(18-5-1)67-70-68(43-19-6-2-7-20-43)72-69(71-67)45-31-34-51-49-23-10-11-24-50(49)52-35-33-47(41-59(52)58(51)40-45)73-61-29-14-13-26-54(61)60-39-44(32-38-63(60)73)48-27-16-28-56-57-37-36-55-53-25-12-15-30-62(53)74(46-21-8-3-9-22-46)64(55)66(57)75-65(48)56/h1-41H. The molecule has 0 aliphatic rings. The van der Waals surface area contributed by atoms with E-state index in [0.717, 1.165) is 94.0 Å². The Kier molecular flexibility index (Phi) is 8.94. The number of rotatable bonds is 6. The highest BCUT2D eigenvalue weighted by Crippen LogP contribution is 2.45. The monoisotopic (exact) mass is 955 g/mol. The Bertz CT molecular complexity index is 4940. The second kappa shape index (κ2) is 16.2. The van der Waals surface area contributed by atoms with Crippen LogP contribution in [0.15, 0.2) is 253 Å². The van der Waals surface area contributed by atoms with Crippen LogP contribution >= 0.6 is 0 Å². The highest BCUT2D eigenvalue weighted by atomic mass is 16.3. The SMILES string of the molecule is c1ccc(-c2nc(-c3ccccc3)nc(-c3ccc4c5ccccc5c5ccc(-n6c7ccccc7c7cc(-c8cccc9c8oc8c9ccc9c%10ccccc%10n(-c%10ccccc%10)c98)ccc76)cc5c4c3)n2)cc1. The number of fused-ring (bicyclic) bond motifs is 16. The van der Waals surface area contributed by atoms with E-state index in [0.29, 0.717) is 17.5 Å². The van der Waals surface area contributed by atoms with Gasteiger partial charge in [0.15, 0.2) is 23.1 Å². The van der Waals surface area contributed by atoms with E-state index in [1.165, 1.54) is 43.1 Å². The van der Waals surface area contributed by atoms with Crippen LogP contribution in [0.4, 0.5) is 0 Å². The van der Waals surface area contributed by atoms with Gasteiger partial charge in [0.2, 0.25) is 0 Å². The maximum Gasteiger partial charge on any atom is 0.164 e. The number of hydrogen-bond donors (Lipinski definition) is 0. The first-order chi connectivity index (χ1) is 37.2. The molecule has 75 heavy (non-hydrogen) atoms. The number of para-hydroxylation sites is 4. The zero-order valence-corrected chi connectivity index (χ0v) is 40.3. The number of nitrogens with zero attached hydrogens (tertiary/aromatic N) is 5. The summed E-state index contributed by atoms with van der Waals surface area (Å²) in [6.07, 6.45) is 0. The van der Waals surface area contributed by atoms with E-state index in [1.54, 1.807) is 0 Å². The normalized spacial score (nSPS) is 12.0. The van der Waals surface area contributed by atoms with Crippen LogP contribution < -0.4 is 0 Å². The van der Waals surface area contributed by atoms with Crippen molar-refractivity contribution >= 4 is 97.9 Å². The molecule has 0 N–H and O–H groups in total. The molecule has 4 heterocycles. The van der Waals surface area contributed by atoms with E-state index in [-0.39, 0.29) is 0 Å². The lowest BCUT2D eigenvalue weighted by atomic mass is 9.93. The zero-order chi connectivity index (χ0) is 49.1. The Hall–Kier alpha value is -10.2. The fourth-order valence-electron chi connectivity index (χ4n) is 12.0. The minimum absolute atomic E-state index is 0.627. The van der Waals surface area contributed by atoms with Crippen molar-refractivity contribution in [2.24, 2.45) is 0 Å². The Morgan fingerprint density at radius 2 is 0.720 bits per heavy atom. The van der Waals surface area contributed by atoms with Gasteiger partial charge in [-0.1, -0.05) is 188 Å². The summed E-state index contributed by atoms with van der Waals surface area (Å²) < 4.78 is 11.9. The fraction of sp³-hybridized carbons (Fsp3) is 0. The van der Waals surface area contributed by atoms with E-state index < -0.39 is 0 Å². The van der Waals surface area contributed by atoms with Crippen LogP contribution in [0.5, 0.6) is 0 Å². The summed E-state index contributed by atoms with van der Waals surface area (Å²) in [6, 6.07) is 88.7. The Morgan fingerprint density at radius 1 is 0.253 bits per heavy atom. The predicted molar refractivity (Wildman–Crippen MR) is 310 cm³/mol. The molecule has 0 fully saturated rings. The third-order valence-electron chi connectivity index (χ3n) is 15.3. The van der Waals surface area contributed by atoms with Crippen LogP contribution in [0.25, 0.3) is 155 Å². The van der Waals surface area contributed by atoms with Gasteiger partial charge in [-0.25, -0.2) is 15.0 Å². The summed E-state index contributed by atoms with van der Waals surface area (Å²) in [5.74, 6) is 1.90. The molecule has 0 saturated heterocycles. The van der Waals surface area contributed by atoms with E-state index >= 15 is 0 Å². The second-order valence-electron chi connectivity index (χ2n) is 19.5. The molecule has 4 aromatic heterocycles. The largest absolute Gasteiger partial charge is 0.453 e. The molecule has 0 amide bonds. The highest BCUT2D eigenvalue weighted by Gasteiger charge is 2.22. The molecule has 0 unspecified atom stereocenters. The van der Waals surface area contributed by atoms with E-state index in [9.17, 15) is 0 Å². The first-order valence-corrected chi connectivity index (χ1v) is 25.4. The molecule has 0 aliphatic carbocycles. The third kappa shape index (κ3) is 6.30. The molecule has 0 bridgehead atoms. The molecule has 0 atom stereocenters. The molecule has 6 nitrogen and oxygen atoms in total. The van der Waals surface area contributed by atoms with E-state index in [1.807, 2.05) is 36.4 Å². The van der Waals surface area contributed by atoms with Crippen LogP contribution in [-0.4, -0.2) is 24.1 Å². The third-order valence-corrected chi connectivity index (χ3v) is 15.3. The van der Waals surface area contributed by atoms with Crippen molar-refractivity contribution in [1.82, 2.24) is 24.1 Å². The molecule has 348 valence electrons. The molecule has 0 saturated carbocycles. The molecule has 0 spiro atoms. The van der Waals surface area contributed by atoms with Gasteiger partial charge in [-0.3, -0.25) is 0 Å². The van der Waals surface area contributed by atoms with Crippen LogP contribution in [0.3, 0.4) is 0 Å². The smallest absolute Gasteiger partial charge is 0.164 e. The average molecular weight is 956 g/mol. The van der Waals surface area contributed by atoms with Gasteiger partial charge in [0.1, 0.15) is 5.58 Å². The molecule has 16 rings (SSSR count). The minimum atomic E-state index is 0.627. The zero-order valence-electron chi connectivity index (χ0n) is 40.3. The van der Waals surface area contributed by atoms with Crippen molar-refractivity contribution in [3.05, 3.63) is 249 Å².